The normalized spacial score (nSPS) is 26.5. The van der Waals surface area contributed by atoms with Gasteiger partial charge in [-0.25, -0.2) is 4.98 Å². The van der Waals surface area contributed by atoms with E-state index in [1.54, 1.807) is 19.1 Å². The monoisotopic (exact) mass is 290 g/mol. The van der Waals surface area contributed by atoms with Gasteiger partial charge in [-0.2, -0.15) is 0 Å². The van der Waals surface area contributed by atoms with Gasteiger partial charge in [0.2, 0.25) is 0 Å². The van der Waals surface area contributed by atoms with Crippen LogP contribution in [0.3, 0.4) is 0 Å². The van der Waals surface area contributed by atoms with Gasteiger partial charge >= 0.3 is 0 Å². The molecule has 0 bridgehead atoms. The number of likely N-dealkylation sites (tertiary alicyclic amines) is 1. The summed E-state index contributed by atoms with van der Waals surface area (Å²) in [5.74, 6) is 0.868. The summed E-state index contributed by atoms with van der Waals surface area (Å²) in [6.45, 7) is 7.18. The van der Waals surface area contributed by atoms with Gasteiger partial charge in [0.25, 0.3) is 5.69 Å². The van der Waals surface area contributed by atoms with E-state index in [1.807, 2.05) is 0 Å². The summed E-state index contributed by atoms with van der Waals surface area (Å²) in [5.41, 5.74) is 0.596. The lowest BCUT2D eigenvalue weighted by Gasteiger charge is -2.28. The molecule has 0 aromatic carbocycles. The Hall–Kier alpha value is -1.69. The van der Waals surface area contributed by atoms with Crippen molar-refractivity contribution in [1.29, 1.82) is 0 Å². The number of aromatic nitrogens is 1. The van der Waals surface area contributed by atoms with E-state index in [1.165, 1.54) is 19.4 Å². The smallest absolute Gasteiger partial charge is 0.290 e. The Morgan fingerprint density at radius 2 is 2.14 bits per heavy atom. The molecule has 2 aliphatic rings. The van der Waals surface area contributed by atoms with Crippen LogP contribution in [0.25, 0.3) is 0 Å². The molecule has 0 amide bonds. The molecule has 2 fully saturated rings. The fraction of sp³-hybridized carbons (Fsp3) is 0.667. The number of aryl methyl sites for hydroxylation is 1. The minimum atomic E-state index is -0.370. The van der Waals surface area contributed by atoms with Gasteiger partial charge in [-0.3, -0.25) is 15.0 Å². The molecule has 0 spiro atoms. The Labute approximate surface area is 124 Å². The van der Waals surface area contributed by atoms with Crippen LogP contribution in [-0.2, 0) is 0 Å². The van der Waals surface area contributed by atoms with E-state index in [2.05, 4.69) is 21.7 Å². The van der Waals surface area contributed by atoms with Crippen molar-refractivity contribution < 1.29 is 4.92 Å². The zero-order chi connectivity index (χ0) is 15.0. The lowest BCUT2D eigenvalue weighted by atomic mass is 10.2. The van der Waals surface area contributed by atoms with Gasteiger partial charge in [0, 0.05) is 31.2 Å². The van der Waals surface area contributed by atoms with Crippen LogP contribution in [-0.4, -0.2) is 46.5 Å². The van der Waals surface area contributed by atoms with Crippen LogP contribution >= 0.6 is 0 Å². The predicted molar refractivity (Wildman–Crippen MR) is 81.6 cm³/mol. The van der Waals surface area contributed by atoms with Crippen LogP contribution in [0.15, 0.2) is 12.1 Å². The average molecular weight is 290 g/mol. The Morgan fingerprint density at radius 1 is 1.33 bits per heavy atom. The number of anilines is 1. The Morgan fingerprint density at radius 3 is 2.76 bits per heavy atom. The molecule has 1 aromatic rings. The van der Waals surface area contributed by atoms with Crippen LogP contribution in [0.1, 0.15) is 31.9 Å². The molecule has 0 radical (unpaired) electrons. The highest BCUT2D eigenvalue weighted by molar-refractivity contribution is 5.47. The van der Waals surface area contributed by atoms with Gasteiger partial charge in [0.15, 0.2) is 0 Å². The Kier molecular flexibility index (Phi) is 3.80. The van der Waals surface area contributed by atoms with E-state index in [-0.39, 0.29) is 10.6 Å². The Balaban J connectivity index is 1.71. The maximum atomic E-state index is 10.9. The first-order chi connectivity index (χ1) is 10.1. The molecule has 21 heavy (non-hydrogen) atoms. The molecule has 3 heterocycles. The quantitative estimate of drug-likeness (QED) is 0.631. The van der Waals surface area contributed by atoms with Gasteiger partial charge < -0.3 is 4.90 Å². The molecule has 2 aliphatic heterocycles. The molecule has 6 nitrogen and oxygen atoms in total. The van der Waals surface area contributed by atoms with Gasteiger partial charge in [-0.15, -0.1) is 0 Å². The van der Waals surface area contributed by atoms with Crippen molar-refractivity contribution in [2.24, 2.45) is 0 Å². The van der Waals surface area contributed by atoms with Crippen molar-refractivity contribution in [1.82, 2.24) is 9.88 Å². The van der Waals surface area contributed by atoms with Crippen molar-refractivity contribution in [3.63, 3.8) is 0 Å². The van der Waals surface area contributed by atoms with Gasteiger partial charge in [-0.05, 0) is 45.7 Å². The van der Waals surface area contributed by atoms with Crippen LogP contribution in [0.4, 0.5) is 11.5 Å². The number of rotatable bonds is 3. The maximum absolute atomic E-state index is 10.9. The van der Waals surface area contributed by atoms with Crippen LogP contribution in [0, 0.1) is 17.0 Å². The van der Waals surface area contributed by atoms with Crippen molar-refractivity contribution in [2.75, 3.05) is 24.5 Å². The van der Waals surface area contributed by atoms with Crippen molar-refractivity contribution in [3.8, 4) is 0 Å². The summed E-state index contributed by atoms with van der Waals surface area (Å²) in [5, 5.41) is 10.9. The molecule has 0 N–H and O–H groups in total. The third kappa shape index (κ3) is 2.72. The lowest BCUT2D eigenvalue weighted by Crippen LogP contribution is -2.39. The summed E-state index contributed by atoms with van der Waals surface area (Å²) in [6, 6.07) is 4.63. The molecule has 1 aromatic heterocycles. The third-order valence-electron chi connectivity index (χ3n) is 4.80. The first kappa shape index (κ1) is 14.3. The molecule has 2 saturated heterocycles. The fourth-order valence-corrected chi connectivity index (χ4v) is 3.63. The van der Waals surface area contributed by atoms with Crippen LogP contribution in [0.2, 0.25) is 0 Å². The maximum Gasteiger partial charge on any atom is 0.290 e. The third-order valence-corrected chi connectivity index (χ3v) is 4.80. The fourth-order valence-electron chi connectivity index (χ4n) is 3.63. The summed E-state index contributed by atoms with van der Waals surface area (Å²) in [4.78, 5) is 19.8. The van der Waals surface area contributed by atoms with E-state index in [9.17, 15) is 10.1 Å². The summed E-state index contributed by atoms with van der Waals surface area (Å²) >= 11 is 0. The predicted octanol–water partition coefficient (Wildman–Crippen LogP) is 2.36. The highest BCUT2D eigenvalue weighted by Crippen LogP contribution is 2.28. The van der Waals surface area contributed by atoms with Gasteiger partial charge in [0.05, 0.1) is 4.92 Å². The van der Waals surface area contributed by atoms with Gasteiger partial charge in [-0.1, -0.05) is 0 Å². The minimum Gasteiger partial charge on any atom is -0.355 e. The second kappa shape index (κ2) is 5.60. The number of nitro groups is 1. The molecule has 0 aliphatic carbocycles. The van der Waals surface area contributed by atoms with E-state index in [0.717, 1.165) is 25.3 Å². The minimum absolute atomic E-state index is 0.0997. The van der Waals surface area contributed by atoms with Crippen LogP contribution in [0.5, 0.6) is 0 Å². The average Bonchev–Trinajstić information content (AvgIpc) is 3.06. The molecule has 0 saturated carbocycles. The molecular formula is C15H22N4O2. The van der Waals surface area contributed by atoms with Gasteiger partial charge in [0.1, 0.15) is 11.5 Å². The largest absolute Gasteiger partial charge is 0.355 e. The van der Waals surface area contributed by atoms with Crippen molar-refractivity contribution in [3.05, 3.63) is 27.9 Å². The number of hydrogen-bond acceptors (Lipinski definition) is 5. The highest BCUT2D eigenvalue weighted by Gasteiger charge is 2.33. The second-order valence-corrected chi connectivity index (χ2v) is 6.15. The Bertz CT molecular complexity index is 548. The SMILES string of the molecule is Cc1nc(N2CCC(N3CCC[C@@H]3C)C2)ccc1[N+](=O)[O-]. The number of hydrogen-bond donors (Lipinski definition) is 0. The molecule has 1 unspecified atom stereocenters. The number of pyridine rings is 1. The molecule has 3 rings (SSSR count). The van der Waals surface area contributed by atoms with E-state index < -0.39 is 0 Å². The first-order valence-corrected chi connectivity index (χ1v) is 7.69. The molecule has 6 heteroatoms. The van der Waals surface area contributed by atoms with E-state index in [0.29, 0.717) is 17.8 Å². The van der Waals surface area contributed by atoms with Crippen LogP contribution < -0.4 is 4.90 Å². The molecule has 2 atom stereocenters. The van der Waals surface area contributed by atoms with E-state index in [4.69, 9.17) is 0 Å². The van der Waals surface area contributed by atoms with Crippen molar-refractivity contribution >= 4 is 11.5 Å². The second-order valence-electron chi connectivity index (χ2n) is 6.15. The number of nitrogens with zero attached hydrogens (tertiary/aromatic N) is 4. The highest BCUT2D eigenvalue weighted by atomic mass is 16.6. The summed E-state index contributed by atoms with van der Waals surface area (Å²) < 4.78 is 0. The topological polar surface area (TPSA) is 62.5 Å². The first-order valence-electron chi connectivity index (χ1n) is 7.69. The zero-order valence-electron chi connectivity index (χ0n) is 12.7. The summed E-state index contributed by atoms with van der Waals surface area (Å²) in [7, 11) is 0. The van der Waals surface area contributed by atoms with Crippen molar-refractivity contribution in [2.45, 2.75) is 45.2 Å². The summed E-state index contributed by atoms with van der Waals surface area (Å²) in [6.07, 6.45) is 3.75. The molecular weight excluding hydrogens is 268 g/mol. The lowest BCUT2D eigenvalue weighted by molar-refractivity contribution is -0.385. The molecule has 114 valence electrons. The zero-order valence-corrected chi connectivity index (χ0v) is 12.7. The van der Waals surface area contributed by atoms with E-state index >= 15 is 0 Å². The standard InChI is InChI=1S/C15H22N4O2/c1-11-4-3-8-18(11)13-7-9-17(10-13)15-6-5-14(19(20)21)12(2)16-15/h5-6,11,13H,3-4,7-10H2,1-2H3/t11-,13?/m0/s1.